The predicted octanol–water partition coefficient (Wildman–Crippen LogP) is 4.19. The number of carbonyl (C=O) groups excluding carboxylic acids is 2. The van der Waals surface area contributed by atoms with Gasteiger partial charge in [0.1, 0.15) is 5.75 Å². The fourth-order valence-electron chi connectivity index (χ4n) is 2.15. The van der Waals surface area contributed by atoms with Crippen LogP contribution in [0.25, 0.3) is 6.08 Å². The summed E-state index contributed by atoms with van der Waals surface area (Å²) in [5.41, 5.74) is 1.37. The molecular weight excluding hydrogens is 310 g/mol. The van der Waals surface area contributed by atoms with E-state index in [1.807, 2.05) is 36.4 Å². The number of rotatable bonds is 3. The van der Waals surface area contributed by atoms with Crippen LogP contribution in [0.2, 0.25) is 0 Å². The number of benzene rings is 2. The third-order valence-electron chi connectivity index (χ3n) is 3.22. The van der Waals surface area contributed by atoms with Gasteiger partial charge in [0.05, 0.1) is 10.6 Å². The zero-order valence-electron chi connectivity index (χ0n) is 12.0. The van der Waals surface area contributed by atoms with Crippen molar-refractivity contribution < 1.29 is 14.7 Å². The molecule has 5 heteroatoms. The monoisotopic (exact) mass is 323 g/mol. The highest BCUT2D eigenvalue weighted by atomic mass is 32.2. The molecule has 2 aromatic carbocycles. The van der Waals surface area contributed by atoms with Crippen molar-refractivity contribution in [3.63, 3.8) is 0 Å². The fraction of sp³-hybridized carbons (Fsp3) is 0. The van der Waals surface area contributed by atoms with Crippen LogP contribution in [-0.2, 0) is 4.79 Å². The minimum Gasteiger partial charge on any atom is -0.508 e. The SMILES string of the molecule is O=C1S/C(=C/C=C/c2ccccc2)C(=O)N1c1cccc(O)c1. The summed E-state index contributed by atoms with van der Waals surface area (Å²) in [5, 5.41) is 9.12. The molecule has 0 radical (unpaired) electrons. The number of imide groups is 1. The third kappa shape index (κ3) is 3.35. The van der Waals surface area contributed by atoms with E-state index in [0.717, 1.165) is 22.2 Å². The van der Waals surface area contributed by atoms with Gasteiger partial charge in [-0.3, -0.25) is 9.59 Å². The largest absolute Gasteiger partial charge is 0.508 e. The molecular formula is C18H13NO3S. The van der Waals surface area contributed by atoms with Gasteiger partial charge in [-0.05, 0) is 35.5 Å². The van der Waals surface area contributed by atoms with Crippen LogP contribution >= 0.6 is 11.8 Å². The first-order valence-corrected chi connectivity index (χ1v) is 7.75. The zero-order valence-corrected chi connectivity index (χ0v) is 12.9. The Balaban J connectivity index is 1.81. The lowest BCUT2D eigenvalue weighted by atomic mass is 10.2. The molecule has 1 aliphatic rings. The maximum atomic E-state index is 12.4. The molecule has 0 aliphatic carbocycles. The van der Waals surface area contributed by atoms with Crippen LogP contribution in [0.15, 0.2) is 71.7 Å². The molecule has 114 valence electrons. The minimum atomic E-state index is -0.386. The molecule has 23 heavy (non-hydrogen) atoms. The summed E-state index contributed by atoms with van der Waals surface area (Å²) in [5.74, 6) is -0.377. The van der Waals surface area contributed by atoms with E-state index in [4.69, 9.17) is 0 Å². The van der Waals surface area contributed by atoms with Gasteiger partial charge in [-0.15, -0.1) is 0 Å². The van der Waals surface area contributed by atoms with Gasteiger partial charge in [-0.2, -0.15) is 0 Å². The second-order valence-electron chi connectivity index (χ2n) is 4.83. The lowest BCUT2D eigenvalue weighted by Gasteiger charge is -2.12. The molecule has 4 nitrogen and oxygen atoms in total. The second kappa shape index (κ2) is 6.54. The van der Waals surface area contributed by atoms with Crippen molar-refractivity contribution in [1.29, 1.82) is 0 Å². The van der Waals surface area contributed by atoms with E-state index >= 15 is 0 Å². The summed E-state index contributed by atoms with van der Waals surface area (Å²) < 4.78 is 0. The summed E-state index contributed by atoms with van der Waals surface area (Å²) in [6.07, 6.45) is 5.23. The smallest absolute Gasteiger partial charge is 0.298 e. The highest BCUT2D eigenvalue weighted by Gasteiger charge is 2.36. The number of aromatic hydroxyl groups is 1. The topological polar surface area (TPSA) is 57.6 Å². The van der Waals surface area contributed by atoms with Crippen molar-refractivity contribution in [2.24, 2.45) is 0 Å². The molecule has 1 aliphatic heterocycles. The fourth-order valence-corrected chi connectivity index (χ4v) is 2.94. The van der Waals surface area contributed by atoms with Gasteiger partial charge in [0, 0.05) is 6.07 Å². The van der Waals surface area contributed by atoms with Crippen LogP contribution in [0.5, 0.6) is 5.75 Å². The summed E-state index contributed by atoms with van der Waals surface area (Å²) in [4.78, 5) is 25.8. The van der Waals surface area contributed by atoms with Crippen molar-refractivity contribution in [3.8, 4) is 5.75 Å². The van der Waals surface area contributed by atoms with E-state index in [9.17, 15) is 14.7 Å². The Morgan fingerprint density at radius 2 is 1.78 bits per heavy atom. The molecule has 1 fully saturated rings. The van der Waals surface area contributed by atoms with Gasteiger partial charge < -0.3 is 5.11 Å². The maximum Gasteiger partial charge on any atom is 0.298 e. The lowest BCUT2D eigenvalue weighted by Crippen LogP contribution is -2.27. The van der Waals surface area contributed by atoms with Crippen molar-refractivity contribution in [2.75, 3.05) is 4.90 Å². The number of amides is 2. The Morgan fingerprint density at radius 1 is 1.00 bits per heavy atom. The normalized spacial score (nSPS) is 16.7. The molecule has 2 amide bonds. The molecule has 2 aromatic rings. The van der Waals surface area contributed by atoms with Crippen LogP contribution in [-0.4, -0.2) is 16.3 Å². The molecule has 0 spiro atoms. The Morgan fingerprint density at radius 3 is 2.52 bits per heavy atom. The van der Waals surface area contributed by atoms with Crippen LogP contribution in [0.4, 0.5) is 10.5 Å². The number of anilines is 1. The average molecular weight is 323 g/mol. The first-order chi connectivity index (χ1) is 11.1. The van der Waals surface area contributed by atoms with E-state index in [-0.39, 0.29) is 16.9 Å². The van der Waals surface area contributed by atoms with Crippen LogP contribution in [0, 0.1) is 0 Å². The molecule has 0 saturated carbocycles. The van der Waals surface area contributed by atoms with E-state index in [0.29, 0.717) is 10.6 Å². The van der Waals surface area contributed by atoms with Crippen LogP contribution in [0.3, 0.4) is 0 Å². The number of phenolic OH excluding ortho intramolecular Hbond substituents is 1. The summed E-state index contributed by atoms with van der Waals surface area (Å²) in [6, 6.07) is 15.8. The molecule has 3 rings (SSSR count). The van der Waals surface area contributed by atoms with E-state index in [2.05, 4.69) is 0 Å². The highest BCUT2D eigenvalue weighted by molar-refractivity contribution is 8.18. The summed E-state index contributed by atoms with van der Waals surface area (Å²) in [6.45, 7) is 0. The predicted molar refractivity (Wildman–Crippen MR) is 92.1 cm³/mol. The van der Waals surface area contributed by atoms with E-state index in [1.165, 1.54) is 12.1 Å². The highest BCUT2D eigenvalue weighted by Crippen LogP contribution is 2.35. The number of allylic oxidation sites excluding steroid dienone is 2. The van der Waals surface area contributed by atoms with Crippen molar-refractivity contribution in [3.05, 3.63) is 77.2 Å². The Hall–Kier alpha value is -2.79. The van der Waals surface area contributed by atoms with Crippen molar-refractivity contribution in [2.45, 2.75) is 0 Å². The van der Waals surface area contributed by atoms with E-state index in [1.54, 1.807) is 24.3 Å². The number of carbonyl (C=O) groups is 2. The molecule has 1 N–H and O–H groups in total. The zero-order chi connectivity index (χ0) is 16.2. The van der Waals surface area contributed by atoms with Gasteiger partial charge >= 0.3 is 0 Å². The molecule has 0 unspecified atom stereocenters. The number of hydrogen-bond donors (Lipinski definition) is 1. The maximum absolute atomic E-state index is 12.4. The minimum absolute atomic E-state index is 0.00880. The quantitative estimate of drug-likeness (QED) is 0.861. The Labute approximate surface area is 137 Å². The molecule has 1 heterocycles. The number of hydrogen-bond acceptors (Lipinski definition) is 4. The third-order valence-corrected chi connectivity index (χ3v) is 4.11. The molecule has 0 atom stereocenters. The average Bonchev–Trinajstić information content (AvgIpc) is 2.82. The summed E-state index contributed by atoms with van der Waals surface area (Å²) >= 11 is 0.883. The van der Waals surface area contributed by atoms with Gasteiger partial charge in [-0.25, -0.2) is 4.90 Å². The summed E-state index contributed by atoms with van der Waals surface area (Å²) in [7, 11) is 0. The van der Waals surface area contributed by atoms with Gasteiger partial charge in [0.25, 0.3) is 11.1 Å². The van der Waals surface area contributed by atoms with Gasteiger partial charge in [0.15, 0.2) is 0 Å². The Bertz CT molecular complexity index is 812. The first kappa shape index (κ1) is 15.1. The van der Waals surface area contributed by atoms with Crippen LogP contribution in [0.1, 0.15) is 5.56 Å². The number of nitrogens with zero attached hydrogens (tertiary/aromatic N) is 1. The van der Waals surface area contributed by atoms with Crippen LogP contribution < -0.4 is 4.90 Å². The van der Waals surface area contributed by atoms with E-state index < -0.39 is 0 Å². The van der Waals surface area contributed by atoms with Crippen molar-refractivity contribution >= 4 is 34.7 Å². The number of phenols is 1. The lowest BCUT2D eigenvalue weighted by molar-refractivity contribution is -0.113. The molecule has 1 saturated heterocycles. The Kier molecular flexibility index (Phi) is 4.30. The second-order valence-corrected chi connectivity index (χ2v) is 5.82. The van der Waals surface area contributed by atoms with Gasteiger partial charge in [0.2, 0.25) is 0 Å². The van der Waals surface area contributed by atoms with Gasteiger partial charge in [-0.1, -0.05) is 48.6 Å². The molecule has 0 bridgehead atoms. The number of thioether (sulfide) groups is 1. The van der Waals surface area contributed by atoms with Crippen molar-refractivity contribution in [1.82, 2.24) is 0 Å². The standard InChI is InChI=1S/C18H13NO3S/c20-15-10-5-9-14(12-15)19-17(21)16(23-18(19)22)11-4-8-13-6-2-1-3-7-13/h1-12,20H/b8-4+,16-11+. The molecule has 0 aromatic heterocycles. The first-order valence-electron chi connectivity index (χ1n) is 6.94.